The second kappa shape index (κ2) is 7.28. The molecule has 2 N–H and O–H groups in total. The van der Waals surface area contributed by atoms with Gasteiger partial charge >= 0.3 is 0 Å². The van der Waals surface area contributed by atoms with Crippen LogP contribution < -0.4 is 10.6 Å². The summed E-state index contributed by atoms with van der Waals surface area (Å²) in [7, 11) is 0. The fourth-order valence-electron chi connectivity index (χ4n) is 1.82. The van der Waals surface area contributed by atoms with Crippen LogP contribution in [0.15, 0.2) is 6.07 Å². The molecule has 0 saturated heterocycles. The lowest BCUT2D eigenvalue weighted by Crippen LogP contribution is -2.37. The average Bonchev–Trinajstić information content (AvgIpc) is 2.26. The molecule has 0 fully saturated rings. The highest BCUT2D eigenvalue weighted by Crippen LogP contribution is 2.18. The Labute approximate surface area is 119 Å². The maximum Gasteiger partial charge on any atom is 0.236 e. The number of aromatic nitrogens is 2. The summed E-state index contributed by atoms with van der Waals surface area (Å²) >= 11 is 6.01. The van der Waals surface area contributed by atoms with E-state index in [2.05, 4.69) is 30.7 Å². The highest BCUT2D eigenvalue weighted by Gasteiger charge is 2.14. The van der Waals surface area contributed by atoms with Gasteiger partial charge in [0.05, 0.1) is 6.54 Å². The van der Waals surface area contributed by atoms with Gasteiger partial charge in [-0.3, -0.25) is 4.79 Å². The molecule has 0 spiro atoms. The maximum absolute atomic E-state index is 11.2. The number of hydrogen-bond acceptors (Lipinski definition) is 4. The van der Waals surface area contributed by atoms with Gasteiger partial charge in [-0.2, -0.15) is 0 Å². The molecule has 1 aromatic heterocycles. The summed E-state index contributed by atoms with van der Waals surface area (Å²) < 4.78 is 0. The van der Waals surface area contributed by atoms with Crippen LogP contribution in [0.3, 0.4) is 0 Å². The first-order valence-electron chi connectivity index (χ1n) is 6.49. The minimum absolute atomic E-state index is 0.136. The summed E-state index contributed by atoms with van der Waals surface area (Å²) in [4.78, 5) is 21.6. The third kappa shape index (κ3) is 5.42. The summed E-state index contributed by atoms with van der Waals surface area (Å²) in [5, 5.41) is 0.395. The Morgan fingerprint density at radius 3 is 2.68 bits per heavy atom. The Morgan fingerprint density at radius 1 is 1.47 bits per heavy atom. The van der Waals surface area contributed by atoms with Gasteiger partial charge in [0.25, 0.3) is 0 Å². The van der Waals surface area contributed by atoms with Gasteiger partial charge in [-0.1, -0.05) is 32.4 Å². The maximum atomic E-state index is 11.2. The quantitative estimate of drug-likeness (QED) is 0.778. The van der Waals surface area contributed by atoms with E-state index in [4.69, 9.17) is 17.3 Å². The molecule has 19 heavy (non-hydrogen) atoms. The molecule has 0 radical (unpaired) electrons. The second-order valence-electron chi connectivity index (χ2n) is 4.96. The molecule has 0 unspecified atom stereocenters. The van der Waals surface area contributed by atoms with E-state index in [1.54, 1.807) is 6.07 Å². The van der Waals surface area contributed by atoms with Gasteiger partial charge in [-0.05, 0) is 12.3 Å². The van der Waals surface area contributed by atoms with E-state index in [-0.39, 0.29) is 12.5 Å². The van der Waals surface area contributed by atoms with Gasteiger partial charge in [0, 0.05) is 19.0 Å². The predicted octanol–water partition coefficient (Wildman–Crippen LogP) is 2.03. The smallest absolute Gasteiger partial charge is 0.236 e. The molecule has 6 heteroatoms. The van der Waals surface area contributed by atoms with E-state index < -0.39 is 0 Å². The number of primary amides is 1. The average molecular weight is 285 g/mol. The van der Waals surface area contributed by atoms with Crippen molar-refractivity contribution >= 4 is 23.3 Å². The minimum Gasteiger partial charge on any atom is -0.368 e. The van der Waals surface area contributed by atoms with Crippen LogP contribution in [0.25, 0.3) is 0 Å². The molecule has 0 bridgehead atoms. The van der Waals surface area contributed by atoms with Gasteiger partial charge in [0.2, 0.25) is 5.91 Å². The lowest BCUT2D eigenvalue weighted by atomic mass is 10.2. The molecule has 1 rings (SSSR count). The Hall–Kier alpha value is -1.36. The molecule has 1 amide bonds. The number of hydrogen-bond donors (Lipinski definition) is 1. The summed E-state index contributed by atoms with van der Waals surface area (Å²) in [5.41, 5.74) is 5.28. The zero-order valence-corrected chi connectivity index (χ0v) is 12.4. The molecule has 0 atom stereocenters. The number of amides is 1. The van der Waals surface area contributed by atoms with Crippen LogP contribution in [-0.2, 0) is 11.2 Å². The van der Waals surface area contributed by atoms with Gasteiger partial charge in [-0.25, -0.2) is 9.97 Å². The Kier molecular flexibility index (Phi) is 6.02. The monoisotopic (exact) mass is 284 g/mol. The topological polar surface area (TPSA) is 72.1 Å². The number of nitrogens with zero attached hydrogens (tertiary/aromatic N) is 3. The van der Waals surface area contributed by atoms with E-state index in [1.807, 2.05) is 4.90 Å². The van der Waals surface area contributed by atoms with Crippen LogP contribution in [0.5, 0.6) is 0 Å². The van der Waals surface area contributed by atoms with Gasteiger partial charge in [0.1, 0.15) is 16.8 Å². The molecule has 1 heterocycles. The number of carbonyl (C=O) groups excluding carboxylic acids is 1. The van der Waals surface area contributed by atoms with Crippen molar-refractivity contribution in [2.45, 2.75) is 33.6 Å². The molecule has 0 aliphatic heterocycles. The molecule has 0 aliphatic carbocycles. The van der Waals surface area contributed by atoms with Crippen molar-refractivity contribution in [1.29, 1.82) is 0 Å². The lowest BCUT2D eigenvalue weighted by molar-refractivity contribution is -0.116. The van der Waals surface area contributed by atoms with Crippen LogP contribution in [0, 0.1) is 5.92 Å². The molecule has 0 saturated carbocycles. The van der Waals surface area contributed by atoms with Crippen LogP contribution in [-0.4, -0.2) is 29.0 Å². The molecular formula is C13H21ClN4O. The normalized spacial score (nSPS) is 10.8. The summed E-state index contributed by atoms with van der Waals surface area (Å²) in [5.74, 6) is 1.37. The molecule has 0 aromatic carbocycles. The van der Waals surface area contributed by atoms with Crippen LogP contribution in [0.2, 0.25) is 5.15 Å². The first kappa shape index (κ1) is 15.7. The first-order chi connectivity index (χ1) is 8.92. The highest BCUT2D eigenvalue weighted by molar-refractivity contribution is 6.29. The van der Waals surface area contributed by atoms with Crippen molar-refractivity contribution in [3.05, 3.63) is 17.0 Å². The number of anilines is 1. The molecule has 106 valence electrons. The van der Waals surface area contributed by atoms with Crippen molar-refractivity contribution < 1.29 is 4.79 Å². The van der Waals surface area contributed by atoms with Crippen molar-refractivity contribution in [3.63, 3.8) is 0 Å². The standard InChI is InChI=1S/C13H21ClN4O/c1-4-5-12-16-10(14)6-13(17-12)18(7-9(2)3)8-11(15)19/h6,9H,4-5,7-8H2,1-3H3,(H2,15,19). The fourth-order valence-corrected chi connectivity index (χ4v) is 2.01. The molecule has 0 aliphatic rings. The number of halogens is 1. The second-order valence-corrected chi connectivity index (χ2v) is 5.34. The van der Waals surface area contributed by atoms with Gasteiger partial charge in [0.15, 0.2) is 0 Å². The van der Waals surface area contributed by atoms with Crippen LogP contribution >= 0.6 is 11.6 Å². The van der Waals surface area contributed by atoms with Crippen molar-refractivity contribution in [2.24, 2.45) is 11.7 Å². The SMILES string of the molecule is CCCc1nc(Cl)cc(N(CC(N)=O)CC(C)C)n1. The van der Waals surface area contributed by atoms with Gasteiger partial charge < -0.3 is 10.6 Å². The summed E-state index contributed by atoms with van der Waals surface area (Å²) in [6.45, 7) is 7.03. The number of rotatable bonds is 7. The van der Waals surface area contributed by atoms with E-state index >= 15 is 0 Å². The molecular weight excluding hydrogens is 264 g/mol. The van der Waals surface area contributed by atoms with Crippen LogP contribution in [0.4, 0.5) is 5.82 Å². The van der Waals surface area contributed by atoms with Gasteiger partial charge in [-0.15, -0.1) is 0 Å². The summed E-state index contributed by atoms with van der Waals surface area (Å²) in [6.07, 6.45) is 1.71. The summed E-state index contributed by atoms with van der Waals surface area (Å²) in [6, 6.07) is 1.67. The lowest BCUT2D eigenvalue weighted by Gasteiger charge is -2.24. The van der Waals surface area contributed by atoms with Crippen LogP contribution in [0.1, 0.15) is 33.0 Å². The number of nitrogens with two attached hydrogens (primary N) is 1. The van der Waals surface area contributed by atoms with E-state index in [9.17, 15) is 4.79 Å². The fraction of sp³-hybridized carbons (Fsp3) is 0.615. The predicted molar refractivity (Wildman–Crippen MR) is 77.3 cm³/mol. The van der Waals surface area contributed by atoms with Crippen molar-refractivity contribution in [1.82, 2.24) is 9.97 Å². The Bertz CT molecular complexity index is 437. The Balaban J connectivity index is 3.02. The number of aryl methyl sites for hydroxylation is 1. The zero-order valence-electron chi connectivity index (χ0n) is 11.7. The van der Waals surface area contributed by atoms with Crippen molar-refractivity contribution in [2.75, 3.05) is 18.0 Å². The molecule has 1 aromatic rings. The molecule has 5 nitrogen and oxygen atoms in total. The highest BCUT2D eigenvalue weighted by atomic mass is 35.5. The first-order valence-corrected chi connectivity index (χ1v) is 6.86. The van der Waals surface area contributed by atoms with E-state index in [0.717, 1.165) is 12.8 Å². The van der Waals surface area contributed by atoms with E-state index in [1.165, 1.54) is 0 Å². The Morgan fingerprint density at radius 2 is 2.16 bits per heavy atom. The largest absolute Gasteiger partial charge is 0.368 e. The minimum atomic E-state index is -0.382. The third-order valence-electron chi connectivity index (χ3n) is 2.46. The van der Waals surface area contributed by atoms with E-state index in [0.29, 0.717) is 29.3 Å². The third-order valence-corrected chi connectivity index (χ3v) is 2.65. The zero-order chi connectivity index (χ0) is 14.4. The number of carbonyl (C=O) groups is 1. The van der Waals surface area contributed by atoms with Crippen molar-refractivity contribution in [3.8, 4) is 0 Å².